The van der Waals surface area contributed by atoms with Gasteiger partial charge in [0, 0.05) is 17.5 Å². The van der Waals surface area contributed by atoms with Crippen LogP contribution in [-0.2, 0) is 11.3 Å². The average Bonchev–Trinajstić information content (AvgIpc) is 2.70. The number of piperidine rings is 1. The Labute approximate surface area is 174 Å². The largest absolute Gasteiger partial charge is 0.349 e. The summed E-state index contributed by atoms with van der Waals surface area (Å²) in [5.41, 5.74) is 5.05. The van der Waals surface area contributed by atoms with Crippen molar-refractivity contribution in [2.45, 2.75) is 52.6 Å². The van der Waals surface area contributed by atoms with Crippen LogP contribution in [-0.4, -0.2) is 23.9 Å². The van der Waals surface area contributed by atoms with Crippen molar-refractivity contribution in [2.75, 3.05) is 13.1 Å². The van der Waals surface area contributed by atoms with Crippen LogP contribution in [0.15, 0.2) is 42.5 Å². The summed E-state index contributed by atoms with van der Waals surface area (Å²) < 4.78 is 0. The minimum absolute atomic E-state index is 0.0962. The first kappa shape index (κ1) is 20.9. The number of hydrogen-bond donors (Lipinski definition) is 1. The average molecular weight is 399 g/mol. The van der Waals surface area contributed by atoms with E-state index in [4.69, 9.17) is 11.6 Å². The Balaban J connectivity index is 1.52. The summed E-state index contributed by atoms with van der Waals surface area (Å²) in [7, 11) is 0. The van der Waals surface area contributed by atoms with Crippen molar-refractivity contribution in [3.05, 3.63) is 69.7 Å². The van der Waals surface area contributed by atoms with Gasteiger partial charge in [-0.15, -0.1) is 0 Å². The first-order chi connectivity index (χ1) is 13.5. The van der Waals surface area contributed by atoms with Crippen molar-refractivity contribution in [1.29, 1.82) is 0 Å². The molecule has 1 aliphatic rings. The van der Waals surface area contributed by atoms with Crippen LogP contribution in [0.2, 0.25) is 5.02 Å². The Bertz CT molecular complexity index is 795. The summed E-state index contributed by atoms with van der Waals surface area (Å²) in [6.07, 6.45) is 2.75. The van der Waals surface area contributed by atoms with Gasteiger partial charge in [0.25, 0.3) is 0 Å². The number of aryl methyl sites for hydroxylation is 2. The van der Waals surface area contributed by atoms with Gasteiger partial charge in [-0.1, -0.05) is 48.9 Å². The summed E-state index contributed by atoms with van der Waals surface area (Å²) >= 11 is 5.96. The fraction of sp³-hybridized carbons (Fsp3) is 0.458. The van der Waals surface area contributed by atoms with Crippen LogP contribution in [0.25, 0.3) is 0 Å². The Morgan fingerprint density at radius 3 is 2.39 bits per heavy atom. The predicted molar refractivity (Wildman–Crippen MR) is 117 cm³/mol. The van der Waals surface area contributed by atoms with E-state index in [1.165, 1.54) is 22.3 Å². The highest BCUT2D eigenvalue weighted by Crippen LogP contribution is 2.24. The molecule has 2 aromatic carbocycles. The molecule has 3 rings (SSSR count). The third kappa shape index (κ3) is 5.36. The Kier molecular flexibility index (Phi) is 7.14. The van der Waals surface area contributed by atoms with E-state index < -0.39 is 0 Å². The Hall–Kier alpha value is -1.84. The van der Waals surface area contributed by atoms with Gasteiger partial charge >= 0.3 is 0 Å². The number of likely N-dealkylation sites (tertiary alicyclic amines) is 1. The number of nitrogens with zero attached hydrogens (tertiary/aromatic N) is 1. The van der Waals surface area contributed by atoms with E-state index in [2.05, 4.69) is 61.3 Å². The van der Waals surface area contributed by atoms with Gasteiger partial charge < -0.3 is 5.32 Å². The molecule has 0 radical (unpaired) electrons. The molecule has 1 saturated heterocycles. The van der Waals surface area contributed by atoms with Crippen LogP contribution in [0.1, 0.15) is 54.5 Å². The molecule has 1 N–H and O–H groups in total. The van der Waals surface area contributed by atoms with Gasteiger partial charge in [0.1, 0.15) is 0 Å². The van der Waals surface area contributed by atoms with E-state index in [-0.39, 0.29) is 17.9 Å². The monoisotopic (exact) mass is 398 g/mol. The van der Waals surface area contributed by atoms with Crippen molar-refractivity contribution in [3.8, 4) is 0 Å². The van der Waals surface area contributed by atoms with E-state index in [0.717, 1.165) is 43.9 Å². The van der Waals surface area contributed by atoms with Crippen LogP contribution in [0, 0.1) is 19.8 Å². The molecule has 0 spiro atoms. The second-order valence-corrected chi connectivity index (χ2v) is 8.43. The Morgan fingerprint density at radius 1 is 1.11 bits per heavy atom. The zero-order valence-corrected chi connectivity index (χ0v) is 17.9. The lowest BCUT2D eigenvalue weighted by Crippen LogP contribution is -2.41. The van der Waals surface area contributed by atoms with Crippen LogP contribution < -0.4 is 5.32 Å². The SMILES string of the molecule is CC[C@H](NC(=O)C1CCN(Cc2ccc(Cl)cc2)CC1)c1ccc(C)c(C)c1. The normalized spacial score (nSPS) is 16.7. The summed E-state index contributed by atoms with van der Waals surface area (Å²) in [6.45, 7) is 9.23. The molecule has 0 aliphatic carbocycles. The summed E-state index contributed by atoms with van der Waals surface area (Å²) in [4.78, 5) is 15.3. The topological polar surface area (TPSA) is 32.3 Å². The van der Waals surface area contributed by atoms with E-state index in [1.54, 1.807) is 0 Å². The van der Waals surface area contributed by atoms with E-state index in [9.17, 15) is 4.79 Å². The molecule has 0 saturated carbocycles. The molecule has 28 heavy (non-hydrogen) atoms. The highest BCUT2D eigenvalue weighted by atomic mass is 35.5. The van der Waals surface area contributed by atoms with Crippen molar-refractivity contribution < 1.29 is 4.79 Å². The number of nitrogens with one attached hydrogen (secondary N) is 1. The summed E-state index contributed by atoms with van der Waals surface area (Å²) in [5.74, 6) is 0.318. The fourth-order valence-corrected chi connectivity index (χ4v) is 4.02. The lowest BCUT2D eigenvalue weighted by molar-refractivity contribution is -0.127. The van der Waals surface area contributed by atoms with E-state index in [1.807, 2.05) is 12.1 Å². The maximum absolute atomic E-state index is 12.9. The van der Waals surface area contributed by atoms with Crippen molar-refractivity contribution in [3.63, 3.8) is 0 Å². The molecule has 0 unspecified atom stereocenters. The van der Waals surface area contributed by atoms with E-state index >= 15 is 0 Å². The third-order valence-corrected chi connectivity index (χ3v) is 6.19. The lowest BCUT2D eigenvalue weighted by atomic mass is 9.94. The van der Waals surface area contributed by atoms with Gasteiger partial charge in [0.2, 0.25) is 5.91 Å². The van der Waals surface area contributed by atoms with Crippen molar-refractivity contribution in [2.24, 2.45) is 5.92 Å². The smallest absolute Gasteiger partial charge is 0.223 e. The number of amides is 1. The first-order valence-corrected chi connectivity index (χ1v) is 10.7. The molecule has 0 bridgehead atoms. The minimum atomic E-state index is 0.0962. The highest BCUT2D eigenvalue weighted by Gasteiger charge is 2.26. The Morgan fingerprint density at radius 2 is 1.79 bits per heavy atom. The molecule has 4 heteroatoms. The van der Waals surface area contributed by atoms with Gasteiger partial charge in [0.05, 0.1) is 6.04 Å². The molecule has 150 valence electrons. The molecule has 1 aliphatic heterocycles. The van der Waals surface area contributed by atoms with Crippen LogP contribution >= 0.6 is 11.6 Å². The van der Waals surface area contributed by atoms with Crippen molar-refractivity contribution >= 4 is 17.5 Å². The lowest BCUT2D eigenvalue weighted by Gasteiger charge is -2.32. The van der Waals surface area contributed by atoms with Gasteiger partial charge in [-0.05, 0) is 80.6 Å². The second kappa shape index (κ2) is 9.58. The van der Waals surface area contributed by atoms with Gasteiger partial charge in [0.15, 0.2) is 0 Å². The number of hydrogen-bond acceptors (Lipinski definition) is 2. The number of benzene rings is 2. The molecule has 1 fully saturated rings. The summed E-state index contributed by atoms with van der Waals surface area (Å²) in [5, 5.41) is 4.07. The molecule has 3 nitrogen and oxygen atoms in total. The number of carbonyl (C=O) groups is 1. The van der Waals surface area contributed by atoms with Gasteiger partial charge in [-0.25, -0.2) is 0 Å². The molecule has 1 heterocycles. The molecular formula is C24H31ClN2O. The van der Waals surface area contributed by atoms with Crippen molar-refractivity contribution in [1.82, 2.24) is 10.2 Å². The van der Waals surface area contributed by atoms with Crippen LogP contribution in [0.3, 0.4) is 0 Å². The van der Waals surface area contributed by atoms with Crippen LogP contribution in [0.5, 0.6) is 0 Å². The molecule has 2 aromatic rings. The van der Waals surface area contributed by atoms with Gasteiger partial charge in [-0.3, -0.25) is 9.69 Å². The number of carbonyl (C=O) groups excluding carboxylic acids is 1. The second-order valence-electron chi connectivity index (χ2n) is 7.99. The van der Waals surface area contributed by atoms with Crippen LogP contribution in [0.4, 0.5) is 0 Å². The van der Waals surface area contributed by atoms with E-state index in [0.29, 0.717) is 0 Å². The molecular weight excluding hydrogens is 368 g/mol. The first-order valence-electron chi connectivity index (χ1n) is 10.3. The highest BCUT2D eigenvalue weighted by molar-refractivity contribution is 6.30. The fourth-order valence-electron chi connectivity index (χ4n) is 3.89. The minimum Gasteiger partial charge on any atom is -0.349 e. The molecule has 1 amide bonds. The number of rotatable bonds is 6. The zero-order valence-electron chi connectivity index (χ0n) is 17.2. The predicted octanol–water partition coefficient (Wildman–Crippen LogP) is 5.44. The standard InChI is InChI=1S/C24H31ClN2O/c1-4-23(21-8-5-17(2)18(3)15-21)26-24(28)20-11-13-27(14-12-20)16-19-6-9-22(25)10-7-19/h5-10,15,20,23H,4,11-14,16H2,1-3H3,(H,26,28)/t23-/m0/s1. The maximum Gasteiger partial charge on any atom is 0.223 e. The molecule has 1 atom stereocenters. The summed E-state index contributed by atoms with van der Waals surface area (Å²) in [6, 6.07) is 14.6. The maximum atomic E-state index is 12.9. The quantitative estimate of drug-likeness (QED) is 0.702. The van der Waals surface area contributed by atoms with Gasteiger partial charge in [-0.2, -0.15) is 0 Å². The third-order valence-electron chi connectivity index (χ3n) is 5.94. The molecule has 0 aromatic heterocycles. The number of halogens is 1. The zero-order chi connectivity index (χ0) is 20.1.